The summed E-state index contributed by atoms with van der Waals surface area (Å²) in [4.78, 5) is 13.5. The van der Waals surface area contributed by atoms with E-state index < -0.39 is 0 Å². The van der Waals surface area contributed by atoms with E-state index in [2.05, 4.69) is 41.6 Å². The Hall–Kier alpha value is -0.830. The average molecular weight is 284 g/mol. The second-order valence-electron chi connectivity index (χ2n) is 4.10. The van der Waals surface area contributed by atoms with E-state index in [-0.39, 0.29) is 5.78 Å². The van der Waals surface area contributed by atoms with Gasteiger partial charge in [-0.2, -0.15) is 0 Å². The van der Waals surface area contributed by atoms with Crippen molar-refractivity contribution in [1.82, 2.24) is 0 Å². The summed E-state index contributed by atoms with van der Waals surface area (Å²) >= 11 is 3.53. The number of carbonyl (C=O) groups is 1. The molecule has 0 saturated heterocycles. The van der Waals surface area contributed by atoms with Crippen LogP contribution in [-0.2, 0) is 0 Å². The number of hydrogen-bond donors (Lipinski definition) is 0. The number of Topliss-reactive ketones (excluding diaryl/α,β-unsaturated/α-hetero) is 1. The molecule has 0 saturated carbocycles. The van der Waals surface area contributed by atoms with Crippen LogP contribution in [0.15, 0.2) is 22.7 Å². The molecule has 2 nitrogen and oxygen atoms in total. The van der Waals surface area contributed by atoms with E-state index in [0.29, 0.717) is 6.04 Å². The maximum Gasteiger partial charge on any atom is 0.159 e. The Kier molecular flexibility index (Phi) is 4.54. The largest absolute Gasteiger partial charge is 0.368 e. The van der Waals surface area contributed by atoms with E-state index in [1.54, 1.807) is 6.92 Å². The molecule has 88 valence electrons. The van der Waals surface area contributed by atoms with E-state index in [1.807, 2.05) is 18.2 Å². The molecule has 0 unspecified atom stereocenters. The highest BCUT2D eigenvalue weighted by molar-refractivity contribution is 9.10. The quantitative estimate of drug-likeness (QED) is 0.782. The summed E-state index contributed by atoms with van der Waals surface area (Å²) in [5.74, 6) is 0.0971. The van der Waals surface area contributed by atoms with Crippen LogP contribution in [0.4, 0.5) is 5.69 Å². The predicted molar refractivity (Wildman–Crippen MR) is 72.3 cm³/mol. The number of anilines is 1. The van der Waals surface area contributed by atoms with Gasteiger partial charge in [0.15, 0.2) is 5.78 Å². The molecule has 1 aromatic rings. The van der Waals surface area contributed by atoms with Gasteiger partial charge >= 0.3 is 0 Å². The van der Waals surface area contributed by atoms with Crippen molar-refractivity contribution in [3.05, 3.63) is 28.2 Å². The highest BCUT2D eigenvalue weighted by Crippen LogP contribution is 2.28. The molecule has 0 aliphatic carbocycles. The Balaban J connectivity index is 3.11. The molecule has 16 heavy (non-hydrogen) atoms. The number of halogens is 1. The predicted octanol–water partition coefficient (Wildman–Crippen LogP) is 3.89. The lowest BCUT2D eigenvalue weighted by Gasteiger charge is -2.28. The van der Waals surface area contributed by atoms with Gasteiger partial charge in [-0.05, 0) is 61.8 Å². The van der Waals surface area contributed by atoms with Gasteiger partial charge in [0, 0.05) is 22.6 Å². The van der Waals surface area contributed by atoms with Gasteiger partial charge in [0.05, 0.1) is 5.69 Å². The van der Waals surface area contributed by atoms with Gasteiger partial charge in [-0.3, -0.25) is 4.79 Å². The van der Waals surface area contributed by atoms with E-state index in [9.17, 15) is 4.79 Å². The fraction of sp³-hybridized carbons (Fsp3) is 0.462. The first kappa shape index (κ1) is 13.2. The molecule has 0 aliphatic heterocycles. The van der Waals surface area contributed by atoms with Crippen molar-refractivity contribution in [1.29, 1.82) is 0 Å². The van der Waals surface area contributed by atoms with Crippen LogP contribution in [0, 0.1) is 0 Å². The van der Waals surface area contributed by atoms with Gasteiger partial charge in [0.1, 0.15) is 0 Å². The molecule has 0 bridgehead atoms. The monoisotopic (exact) mass is 283 g/mol. The molecule has 0 amide bonds. The van der Waals surface area contributed by atoms with Gasteiger partial charge in [-0.15, -0.1) is 0 Å². The summed E-state index contributed by atoms with van der Waals surface area (Å²) < 4.78 is 0.982. The maximum atomic E-state index is 11.2. The minimum Gasteiger partial charge on any atom is -0.368 e. The van der Waals surface area contributed by atoms with Crippen LogP contribution in [-0.4, -0.2) is 18.4 Å². The molecule has 1 rings (SSSR count). The normalized spacial score (nSPS) is 10.6. The molecule has 0 aliphatic rings. The van der Waals surface area contributed by atoms with Crippen molar-refractivity contribution in [2.75, 3.05) is 11.4 Å². The molecule has 0 aromatic heterocycles. The molecule has 0 N–H and O–H groups in total. The van der Waals surface area contributed by atoms with Crippen molar-refractivity contribution in [3.8, 4) is 0 Å². The summed E-state index contributed by atoms with van der Waals surface area (Å²) in [7, 11) is 0. The van der Waals surface area contributed by atoms with Crippen LogP contribution in [0.1, 0.15) is 38.1 Å². The molecule has 0 fully saturated rings. The molecule has 0 radical (unpaired) electrons. The Morgan fingerprint density at radius 3 is 2.44 bits per heavy atom. The third-order valence-corrected chi connectivity index (χ3v) is 3.26. The summed E-state index contributed by atoms with van der Waals surface area (Å²) in [5, 5.41) is 0. The number of benzene rings is 1. The molecule has 0 atom stereocenters. The third-order valence-electron chi connectivity index (χ3n) is 2.63. The van der Waals surface area contributed by atoms with Crippen LogP contribution in [0.3, 0.4) is 0 Å². The summed E-state index contributed by atoms with van der Waals surface area (Å²) in [6, 6.07) is 6.23. The Morgan fingerprint density at radius 1 is 1.44 bits per heavy atom. The zero-order valence-electron chi connectivity index (χ0n) is 10.2. The number of rotatable bonds is 4. The molecule has 3 heteroatoms. The second-order valence-corrected chi connectivity index (χ2v) is 4.96. The van der Waals surface area contributed by atoms with Gasteiger partial charge in [-0.25, -0.2) is 0 Å². The van der Waals surface area contributed by atoms with Gasteiger partial charge in [-0.1, -0.05) is 0 Å². The summed E-state index contributed by atoms with van der Waals surface area (Å²) in [5.41, 5.74) is 1.89. The lowest BCUT2D eigenvalue weighted by Crippen LogP contribution is -2.30. The SMILES string of the molecule is CCN(c1ccc(C(C)=O)cc1Br)C(C)C. The van der Waals surface area contributed by atoms with E-state index in [4.69, 9.17) is 0 Å². The lowest BCUT2D eigenvalue weighted by atomic mass is 10.1. The lowest BCUT2D eigenvalue weighted by molar-refractivity contribution is 0.101. The molecule has 1 aromatic carbocycles. The van der Waals surface area contributed by atoms with Crippen molar-refractivity contribution in [2.24, 2.45) is 0 Å². The standard InChI is InChI=1S/C13H18BrNO/c1-5-15(9(2)3)13-7-6-11(10(4)16)8-12(13)14/h6-9H,5H2,1-4H3. The first-order valence-electron chi connectivity index (χ1n) is 5.54. The Bertz CT molecular complexity index is 388. The molecule has 0 spiro atoms. The molecular weight excluding hydrogens is 266 g/mol. The second kappa shape index (κ2) is 5.48. The third kappa shape index (κ3) is 2.85. The van der Waals surface area contributed by atoms with Crippen molar-refractivity contribution in [3.63, 3.8) is 0 Å². The fourth-order valence-electron chi connectivity index (χ4n) is 1.77. The van der Waals surface area contributed by atoms with Gasteiger partial charge < -0.3 is 4.90 Å². The number of nitrogens with zero attached hydrogens (tertiary/aromatic N) is 1. The highest BCUT2D eigenvalue weighted by Gasteiger charge is 2.12. The van der Waals surface area contributed by atoms with Crippen LogP contribution in [0.5, 0.6) is 0 Å². The minimum atomic E-state index is 0.0971. The highest BCUT2D eigenvalue weighted by atomic mass is 79.9. The van der Waals surface area contributed by atoms with Crippen LogP contribution < -0.4 is 4.90 Å². The first-order valence-corrected chi connectivity index (χ1v) is 6.33. The average Bonchev–Trinajstić information content (AvgIpc) is 2.20. The number of ketones is 1. The fourth-order valence-corrected chi connectivity index (χ4v) is 2.38. The summed E-state index contributed by atoms with van der Waals surface area (Å²) in [6.45, 7) is 8.99. The van der Waals surface area contributed by atoms with Crippen molar-refractivity contribution < 1.29 is 4.79 Å². The maximum absolute atomic E-state index is 11.2. The molecular formula is C13H18BrNO. The van der Waals surface area contributed by atoms with E-state index >= 15 is 0 Å². The van der Waals surface area contributed by atoms with E-state index in [0.717, 1.165) is 22.3 Å². The Labute approximate surface area is 106 Å². The topological polar surface area (TPSA) is 20.3 Å². The van der Waals surface area contributed by atoms with Crippen LogP contribution >= 0.6 is 15.9 Å². The van der Waals surface area contributed by atoms with Crippen LogP contribution in [0.25, 0.3) is 0 Å². The molecule has 0 heterocycles. The Morgan fingerprint density at radius 2 is 2.06 bits per heavy atom. The summed E-state index contributed by atoms with van der Waals surface area (Å²) in [6.07, 6.45) is 0. The van der Waals surface area contributed by atoms with Gasteiger partial charge in [0.25, 0.3) is 0 Å². The van der Waals surface area contributed by atoms with E-state index in [1.165, 1.54) is 0 Å². The minimum absolute atomic E-state index is 0.0971. The zero-order valence-corrected chi connectivity index (χ0v) is 11.8. The zero-order chi connectivity index (χ0) is 12.3. The smallest absolute Gasteiger partial charge is 0.159 e. The van der Waals surface area contributed by atoms with Gasteiger partial charge in [0.2, 0.25) is 0 Å². The van der Waals surface area contributed by atoms with Crippen molar-refractivity contribution in [2.45, 2.75) is 33.7 Å². The van der Waals surface area contributed by atoms with Crippen molar-refractivity contribution >= 4 is 27.4 Å². The van der Waals surface area contributed by atoms with Crippen LogP contribution in [0.2, 0.25) is 0 Å². The number of hydrogen-bond acceptors (Lipinski definition) is 2. The number of carbonyl (C=O) groups excluding carboxylic acids is 1. The first-order chi connectivity index (χ1) is 7.47.